The van der Waals surface area contributed by atoms with Gasteiger partial charge in [0.1, 0.15) is 0 Å². The van der Waals surface area contributed by atoms with Crippen LogP contribution in [0.15, 0.2) is 16.7 Å². The third-order valence-electron chi connectivity index (χ3n) is 3.13. The molecular formula is C11H15BrClN3O2S. The number of hydrogen-bond acceptors (Lipinski definition) is 3. The second-order valence-corrected chi connectivity index (χ2v) is 7.62. The van der Waals surface area contributed by atoms with E-state index in [0.717, 1.165) is 12.8 Å². The largest absolute Gasteiger partial charge is 0.301 e. The molecule has 1 aromatic rings. The fourth-order valence-corrected chi connectivity index (χ4v) is 3.71. The molecule has 0 aromatic carbocycles. The minimum atomic E-state index is -3.56. The highest BCUT2D eigenvalue weighted by Gasteiger charge is 2.27. The molecule has 5 nitrogen and oxygen atoms in total. The highest BCUT2D eigenvalue weighted by atomic mass is 79.9. The molecule has 106 valence electrons. The monoisotopic (exact) mass is 367 g/mol. The normalized spacial score (nSPS) is 18.5. The van der Waals surface area contributed by atoms with Crippen LogP contribution in [0.4, 0.5) is 5.69 Å². The molecule has 0 saturated carbocycles. The van der Waals surface area contributed by atoms with Crippen LogP contribution in [0.25, 0.3) is 0 Å². The average molecular weight is 369 g/mol. The van der Waals surface area contributed by atoms with E-state index in [0.29, 0.717) is 23.5 Å². The molecule has 0 radical (unpaired) electrons. The van der Waals surface area contributed by atoms with Crippen LogP contribution in [-0.4, -0.2) is 30.8 Å². The number of rotatable bonds is 3. The van der Waals surface area contributed by atoms with Crippen LogP contribution in [0.2, 0.25) is 5.15 Å². The molecule has 1 aliphatic heterocycles. The molecule has 0 atom stereocenters. The number of nitrogens with zero attached hydrogens (tertiary/aromatic N) is 2. The van der Waals surface area contributed by atoms with Crippen molar-refractivity contribution in [1.82, 2.24) is 9.29 Å². The minimum absolute atomic E-state index is 0.136. The van der Waals surface area contributed by atoms with Crippen LogP contribution < -0.4 is 4.72 Å². The smallest absolute Gasteiger partial charge is 0.268 e. The van der Waals surface area contributed by atoms with Crippen molar-refractivity contribution in [1.29, 1.82) is 0 Å². The molecule has 8 heteroatoms. The summed E-state index contributed by atoms with van der Waals surface area (Å²) in [6.07, 6.45) is 3.28. The maximum absolute atomic E-state index is 12.2. The number of halogens is 2. The van der Waals surface area contributed by atoms with Gasteiger partial charge in [-0.25, -0.2) is 4.98 Å². The molecule has 1 aromatic heterocycles. The molecule has 0 bridgehead atoms. The summed E-state index contributed by atoms with van der Waals surface area (Å²) in [5, 5.41) is 0.136. The zero-order chi connectivity index (χ0) is 14.0. The van der Waals surface area contributed by atoms with E-state index in [1.807, 2.05) is 0 Å². The van der Waals surface area contributed by atoms with Gasteiger partial charge in [0.05, 0.1) is 5.69 Å². The van der Waals surface area contributed by atoms with E-state index in [-0.39, 0.29) is 10.8 Å². The third kappa shape index (κ3) is 3.81. The molecule has 1 aliphatic rings. The Bertz CT molecular complexity index is 559. The first-order valence-corrected chi connectivity index (χ1v) is 8.58. The number of hydrogen-bond donors (Lipinski definition) is 1. The lowest BCUT2D eigenvalue weighted by Gasteiger charge is -2.29. The molecule has 1 fully saturated rings. The molecule has 0 unspecified atom stereocenters. The molecule has 0 amide bonds. The summed E-state index contributed by atoms with van der Waals surface area (Å²) in [7, 11) is -3.56. The summed E-state index contributed by atoms with van der Waals surface area (Å²) in [6, 6.07) is 1.60. The van der Waals surface area contributed by atoms with Crippen LogP contribution in [-0.2, 0) is 10.2 Å². The number of pyridine rings is 1. The van der Waals surface area contributed by atoms with Gasteiger partial charge in [-0.2, -0.15) is 12.7 Å². The standard InChI is InChI=1S/C11H15BrClN3O2S/c1-8-2-4-16(5-3-8)19(17,18)15-10-6-9(12)7-14-11(10)13/h6-8,15H,2-5H2,1H3. The first kappa shape index (κ1) is 15.0. The Hall–Kier alpha value is -0.370. The van der Waals surface area contributed by atoms with E-state index in [2.05, 4.69) is 32.6 Å². The topological polar surface area (TPSA) is 62.3 Å². The third-order valence-corrected chi connectivity index (χ3v) is 5.38. The van der Waals surface area contributed by atoms with Crippen molar-refractivity contribution in [3.8, 4) is 0 Å². The predicted molar refractivity (Wildman–Crippen MR) is 79.5 cm³/mol. The Labute approximate surface area is 126 Å². The minimum Gasteiger partial charge on any atom is -0.268 e. The number of nitrogens with one attached hydrogen (secondary N) is 1. The van der Waals surface area contributed by atoms with Crippen LogP contribution in [0.1, 0.15) is 19.8 Å². The number of anilines is 1. The molecule has 2 heterocycles. The van der Waals surface area contributed by atoms with Gasteiger partial charge in [-0.3, -0.25) is 4.72 Å². The molecule has 1 saturated heterocycles. The van der Waals surface area contributed by atoms with Crippen LogP contribution in [0.3, 0.4) is 0 Å². The van der Waals surface area contributed by atoms with Crippen LogP contribution in [0.5, 0.6) is 0 Å². The van der Waals surface area contributed by atoms with E-state index in [1.54, 1.807) is 6.07 Å². The van der Waals surface area contributed by atoms with E-state index >= 15 is 0 Å². The summed E-state index contributed by atoms with van der Waals surface area (Å²) in [5.41, 5.74) is 0.287. The van der Waals surface area contributed by atoms with Gasteiger partial charge in [0, 0.05) is 23.8 Å². The van der Waals surface area contributed by atoms with Crippen molar-refractivity contribution in [2.45, 2.75) is 19.8 Å². The summed E-state index contributed by atoms with van der Waals surface area (Å²) >= 11 is 9.13. The van der Waals surface area contributed by atoms with Crippen molar-refractivity contribution in [2.75, 3.05) is 17.8 Å². The molecule has 19 heavy (non-hydrogen) atoms. The zero-order valence-electron chi connectivity index (χ0n) is 10.4. The number of piperidine rings is 1. The Morgan fingerprint density at radius 3 is 2.74 bits per heavy atom. The molecule has 1 N–H and O–H groups in total. The molecule has 0 aliphatic carbocycles. The first-order valence-electron chi connectivity index (χ1n) is 5.97. The first-order chi connectivity index (χ1) is 8.88. The summed E-state index contributed by atoms with van der Waals surface area (Å²) in [6.45, 7) is 3.21. The maximum atomic E-state index is 12.2. The number of aromatic nitrogens is 1. The van der Waals surface area contributed by atoms with E-state index < -0.39 is 10.2 Å². The maximum Gasteiger partial charge on any atom is 0.301 e. The fourth-order valence-electron chi connectivity index (χ4n) is 1.92. The molecule has 2 rings (SSSR count). The van der Waals surface area contributed by atoms with Gasteiger partial charge >= 0.3 is 10.2 Å². The Balaban J connectivity index is 2.15. The quantitative estimate of drug-likeness (QED) is 0.834. The van der Waals surface area contributed by atoms with Crippen molar-refractivity contribution in [3.05, 3.63) is 21.9 Å². The lowest BCUT2D eigenvalue weighted by molar-refractivity contribution is 0.289. The average Bonchev–Trinajstić information content (AvgIpc) is 2.34. The van der Waals surface area contributed by atoms with Gasteiger partial charge in [-0.1, -0.05) is 18.5 Å². The molecule has 0 spiro atoms. The van der Waals surface area contributed by atoms with Crippen molar-refractivity contribution >= 4 is 43.4 Å². The highest BCUT2D eigenvalue weighted by Crippen LogP contribution is 2.26. The van der Waals surface area contributed by atoms with Gasteiger partial charge in [0.15, 0.2) is 5.15 Å². The SMILES string of the molecule is CC1CCN(S(=O)(=O)Nc2cc(Br)cnc2Cl)CC1. The lowest BCUT2D eigenvalue weighted by Crippen LogP contribution is -2.41. The Kier molecular flexibility index (Phi) is 4.70. The van der Waals surface area contributed by atoms with E-state index in [1.165, 1.54) is 10.5 Å². The van der Waals surface area contributed by atoms with Gasteiger partial charge in [0.25, 0.3) is 0 Å². The van der Waals surface area contributed by atoms with E-state index in [4.69, 9.17) is 11.6 Å². The van der Waals surface area contributed by atoms with Crippen LogP contribution >= 0.6 is 27.5 Å². The fraction of sp³-hybridized carbons (Fsp3) is 0.545. The van der Waals surface area contributed by atoms with Crippen molar-refractivity contribution < 1.29 is 8.42 Å². The van der Waals surface area contributed by atoms with Crippen LogP contribution in [0, 0.1) is 5.92 Å². The van der Waals surface area contributed by atoms with Gasteiger partial charge in [-0.05, 0) is 40.8 Å². The van der Waals surface area contributed by atoms with Gasteiger partial charge in [-0.15, -0.1) is 0 Å². The van der Waals surface area contributed by atoms with Crippen molar-refractivity contribution in [2.24, 2.45) is 5.92 Å². The van der Waals surface area contributed by atoms with Crippen molar-refractivity contribution in [3.63, 3.8) is 0 Å². The Morgan fingerprint density at radius 2 is 2.11 bits per heavy atom. The summed E-state index contributed by atoms with van der Waals surface area (Å²) in [4.78, 5) is 3.89. The second kappa shape index (κ2) is 5.95. The van der Waals surface area contributed by atoms with Gasteiger partial charge in [0.2, 0.25) is 0 Å². The molecular weight excluding hydrogens is 354 g/mol. The summed E-state index contributed by atoms with van der Waals surface area (Å²) in [5.74, 6) is 0.572. The van der Waals surface area contributed by atoms with E-state index in [9.17, 15) is 8.42 Å². The van der Waals surface area contributed by atoms with Gasteiger partial charge < -0.3 is 0 Å². The zero-order valence-corrected chi connectivity index (χ0v) is 13.6. The highest BCUT2D eigenvalue weighted by molar-refractivity contribution is 9.10. The Morgan fingerprint density at radius 1 is 1.47 bits per heavy atom. The predicted octanol–water partition coefficient (Wildman–Crippen LogP) is 2.89. The second-order valence-electron chi connectivity index (χ2n) is 4.68. The lowest BCUT2D eigenvalue weighted by atomic mass is 10.0. The summed E-state index contributed by atoms with van der Waals surface area (Å²) < 4.78 is 29.1.